The number of nitrogens with zero attached hydrogens (tertiary/aromatic N) is 2. The van der Waals surface area contributed by atoms with Gasteiger partial charge in [-0.3, -0.25) is 14.5 Å². The number of carbonyl (C=O) groups excluding carboxylic acids is 2. The van der Waals surface area contributed by atoms with E-state index in [1.807, 2.05) is 25.7 Å². The van der Waals surface area contributed by atoms with Crippen molar-refractivity contribution in [3.05, 3.63) is 29.8 Å². The molecule has 1 aromatic carbocycles. The van der Waals surface area contributed by atoms with Crippen LogP contribution in [0, 0.1) is 0 Å². The summed E-state index contributed by atoms with van der Waals surface area (Å²) in [4.78, 5) is 39.0. The lowest BCUT2D eigenvalue weighted by atomic mass is 9.85. The SMILES string of the molecule is CCN(CC)C(=O)c1ccc(NC(=O)NC2CC(N(CC)CC(=O)O)C2)cc1. The molecular weight excluding hydrogens is 360 g/mol. The van der Waals surface area contributed by atoms with Crippen LogP contribution >= 0.6 is 0 Å². The van der Waals surface area contributed by atoms with E-state index in [4.69, 9.17) is 5.11 Å². The van der Waals surface area contributed by atoms with Crippen LogP contribution in [0.3, 0.4) is 0 Å². The fourth-order valence-electron chi connectivity index (χ4n) is 3.42. The monoisotopic (exact) mass is 390 g/mol. The fourth-order valence-corrected chi connectivity index (χ4v) is 3.42. The van der Waals surface area contributed by atoms with E-state index >= 15 is 0 Å². The molecule has 0 unspecified atom stereocenters. The Bertz CT molecular complexity index is 682. The maximum Gasteiger partial charge on any atom is 0.319 e. The molecule has 8 nitrogen and oxygen atoms in total. The number of hydrogen-bond donors (Lipinski definition) is 3. The zero-order chi connectivity index (χ0) is 20.7. The number of carboxylic acids is 1. The van der Waals surface area contributed by atoms with Crippen LogP contribution in [0.2, 0.25) is 0 Å². The number of amides is 3. The Morgan fingerprint density at radius 2 is 1.64 bits per heavy atom. The smallest absolute Gasteiger partial charge is 0.319 e. The van der Waals surface area contributed by atoms with Gasteiger partial charge in [0.25, 0.3) is 5.91 Å². The highest BCUT2D eigenvalue weighted by atomic mass is 16.4. The second-order valence-electron chi connectivity index (χ2n) is 6.93. The van der Waals surface area contributed by atoms with E-state index in [-0.39, 0.29) is 30.6 Å². The Balaban J connectivity index is 1.80. The molecular formula is C20H30N4O4. The van der Waals surface area contributed by atoms with Crippen molar-refractivity contribution in [3.8, 4) is 0 Å². The Morgan fingerprint density at radius 1 is 1.04 bits per heavy atom. The summed E-state index contributed by atoms with van der Waals surface area (Å²) >= 11 is 0. The third kappa shape index (κ3) is 5.69. The molecule has 0 atom stereocenters. The average molecular weight is 390 g/mol. The summed E-state index contributed by atoms with van der Waals surface area (Å²) in [5.74, 6) is -0.859. The highest BCUT2D eigenvalue weighted by molar-refractivity contribution is 5.95. The summed E-state index contributed by atoms with van der Waals surface area (Å²) in [6, 6.07) is 6.78. The standard InChI is InChI=1S/C20H30N4O4/c1-4-23(5-2)19(27)14-7-9-15(10-8-14)21-20(28)22-16-11-17(12-16)24(6-3)13-18(25)26/h7-10,16-17H,4-6,11-13H2,1-3H3,(H,25,26)(H2,21,22,28). The summed E-state index contributed by atoms with van der Waals surface area (Å²) < 4.78 is 0. The van der Waals surface area contributed by atoms with Crippen molar-refractivity contribution in [2.24, 2.45) is 0 Å². The third-order valence-electron chi connectivity index (χ3n) is 5.15. The molecule has 1 fully saturated rings. The number of nitrogens with one attached hydrogen (secondary N) is 2. The molecule has 0 spiro atoms. The van der Waals surface area contributed by atoms with Crippen LogP contribution in [0.1, 0.15) is 44.0 Å². The van der Waals surface area contributed by atoms with Gasteiger partial charge in [0.05, 0.1) is 6.54 Å². The minimum atomic E-state index is -0.834. The largest absolute Gasteiger partial charge is 0.480 e. The Kier molecular flexibility index (Phi) is 7.80. The number of anilines is 1. The van der Waals surface area contributed by atoms with Crippen molar-refractivity contribution in [1.82, 2.24) is 15.1 Å². The quantitative estimate of drug-likeness (QED) is 0.600. The van der Waals surface area contributed by atoms with Crippen LogP contribution < -0.4 is 10.6 Å². The molecule has 0 aromatic heterocycles. The highest BCUT2D eigenvalue weighted by Crippen LogP contribution is 2.25. The first-order chi connectivity index (χ1) is 13.4. The Labute approximate surface area is 165 Å². The molecule has 0 bridgehead atoms. The summed E-state index contributed by atoms with van der Waals surface area (Å²) in [5, 5.41) is 14.6. The van der Waals surface area contributed by atoms with E-state index in [1.54, 1.807) is 29.2 Å². The topological polar surface area (TPSA) is 102 Å². The number of benzene rings is 1. The summed E-state index contributed by atoms with van der Waals surface area (Å²) in [7, 11) is 0. The summed E-state index contributed by atoms with van der Waals surface area (Å²) in [6.45, 7) is 7.82. The molecule has 28 heavy (non-hydrogen) atoms. The molecule has 0 aliphatic heterocycles. The van der Waals surface area contributed by atoms with Crippen molar-refractivity contribution in [1.29, 1.82) is 0 Å². The normalized spacial score (nSPS) is 18.3. The Morgan fingerprint density at radius 3 is 2.14 bits per heavy atom. The number of carbonyl (C=O) groups is 3. The second kappa shape index (κ2) is 10.1. The zero-order valence-electron chi connectivity index (χ0n) is 16.8. The van der Waals surface area contributed by atoms with Gasteiger partial charge in [-0.1, -0.05) is 6.92 Å². The highest BCUT2D eigenvalue weighted by Gasteiger charge is 2.34. The summed E-state index contributed by atoms with van der Waals surface area (Å²) in [6.07, 6.45) is 1.48. The van der Waals surface area contributed by atoms with Crippen LogP contribution in [0.5, 0.6) is 0 Å². The van der Waals surface area contributed by atoms with Crippen LogP contribution in [0.4, 0.5) is 10.5 Å². The van der Waals surface area contributed by atoms with Crippen molar-refractivity contribution >= 4 is 23.6 Å². The minimum absolute atomic E-state index is 0.0247. The van der Waals surface area contributed by atoms with Crippen LogP contribution in [0.25, 0.3) is 0 Å². The second-order valence-corrected chi connectivity index (χ2v) is 6.93. The van der Waals surface area contributed by atoms with Crippen LogP contribution in [-0.2, 0) is 4.79 Å². The predicted molar refractivity (Wildman–Crippen MR) is 108 cm³/mol. The van der Waals surface area contributed by atoms with Crippen molar-refractivity contribution in [3.63, 3.8) is 0 Å². The van der Waals surface area contributed by atoms with E-state index in [2.05, 4.69) is 10.6 Å². The van der Waals surface area contributed by atoms with Crippen molar-refractivity contribution in [2.75, 3.05) is 31.5 Å². The lowest BCUT2D eigenvalue weighted by molar-refractivity contribution is -0.139. The molecule has 154 valence electrons. The van der Waals surface area contributed by atoms with Gasteiger partial charge in [-0.05, 0) is 57.5 Å². The Hall–Kier alpha value is -2.61. The van der Waals surface area contributed by atoms with Gasteiger partial charge >= 0.3 is 12.0 Å². The van der Waals surface area contributed by atoms with Gasteiger partial charge in [0.15, 0.2) is 0 Å². The van der Waals surface area contributed by atoms with Crippen molar-refractivity contribution < 1.29 is 19.5 Å². The fraction of sp³-hybridized carbons (Fsp3) is 0.550. The van der Waals surface area contributed by atoms with Gasteiger partial charge in [-0.15, -0.1) is 0 Å². The maximum absolute atomic E-state index is 12.3. The number of urea groups is 1. The predicted octanol–water partition coefficient (Wildman–Crippen LogP) is 2.23. The van der Waals surface area contributed by atoms with Crippen molar-refractivity contribution in [2.45, 2.75) is 45.7 Å². The zero-order valence-corrected chi connectivity index (χ0v) is 16.8. The first kappa shape index (κ1) is 21.7. The van der Waals surface area contributed by atoms with Gasteiger partial charge < -0.3 is 20.6 Å². The van der Waals surface area contributed by atoms with E-state index in [1.165, 1.54) is 0 Å². The van der Waals surface area contributed by atoms with E-state index < -0.39 is 5.97 Å². The molecule has 1 aliphatic rings. The lowest BCUT2D eigenvalue weighted by Crippen LogP contribution is -2.55. The molecule has 8 heteroatoms. The minimum Gasteiger partial charge on any atom is -0.480 e. The molecule has 1 aliphatic carbocycles. The van der Waals surface area contributed by atoms with E-state index in [0.717, 1.165) is 12.8 Å². The molecule has 3 N–H and O–H groups in total. The molecule has 0 radical (unpaired) electrons. The summed E-state index contributed by atoms with van der Waals surface area (Å²) in [5.41, 5.74) is 1.21. The number of rotatable bonds is 9. The molecule has 1 saturated carbocycles. The third-order valence-corrected chi connectivity index (χ3v) is 5.15. The molecule has 2 rings (SSSR count). The average Bonchev–Trinajstić information content (AvgIpc) is 2.64. The first-order valence-corrected chi connectivity index (χ1v) is 9.80. The molecule has 0 saturated heterocycles. The number of carboxylic acid groups (broad SMARTS) is 1. The van der Waals surface area contributed by atoms with Gasteiger partial charge in [-0.25, -0.2) is 4.79 Å². The molecule has 3 amide bonds. The number of hydrogen-bond acceptors (Lipinski definition) is 4. The number of aliphatic carboxylic acids is 1. The van der Waals surface area contributed by atoms with E-state index in [9.17, 15) is 14.4 Å². The van der Waals surface area contributed by atoms with Crippen LogP contribution in [0.15, 0.2) is 24.3 Å². The van der Waals surface area contributed by atoms with Gasteiger partial charge in [0, 0.05) is 36.4 Å². The maximum atomic E-state index is 12.3. The lowest BCUT2D eigenvalue weighted by Gasteiger charge is -2.42. The molecule has 0 heterocycles. The van der Waals surface area contributed by atoms with E-state index in [0.29, 0.717) is 30.9 Å². The first-order valence-electron chi connectivity index (χ1n) is 9.80. The van der Waals surface area contributed by atoms with Gasteiger partial charge in [0.1, 0.15) is 0 Å². The number of likely N-dealkylation sites (N-methyl/N-ethyl adjacent to an activating group) is 1. The van der Waals surface area contributed by atoms with Crippen LogP contribution in [-0.4, -0.2) is 71.1 Å². The van der Waals surface area contributed by atoms with Gasteiger partial charge in [-0.2, -0.15) is 0 Å². The van der Waals surface area contributed by atoms with Gasteiger partial charge in [0.2, 0.25) is 0 Å². The molecule has 1 aromatic rings.